The fraction of sp³-hybridized carbons (Fsp3) is 0.263. The molecule has 0 saturated heterocycles. The SMILES string of the molecule is CCN(CC)c1nc(-c2ccccc2)c2cc(C)ccc2n1. The van der Waals surface area contributed by atoms with Crippen molar-refractivity contribution in [3.05, 3.63) is 54.1 Å². The quantitative estimate of drug-likeness (QED) is 0.711. The van der Waals surface area contributed by atoms with Crippen molar-refractivity contribution in [2.45, 2.75) is 20.8 Å². The molecule has 0 N–H and O–H groups in total. The lowest BCUT2D eigenvalue weighted by Crippen LogP contribution is -2.24. The van der Waals surface area contributed by atoms with Crippen LogP contribution < -0.4 is 4.90 Å². The summed E-state index contributed by atoms with van der Waals surface area (Å²) in [7, 11) is 0. The molecule has 0 radical (unpaired) electrons. The van der Waals surface area contributed by atoms with Gasteiger partial charge in [-0.15, -0.1) is 0 Å². The third-order valence-electron chi connectivity index (χ3n) is 3.93. The smallest absolute Gasteiger partial charge is 0.226 e. The van der Waals surface area contributed by atoms with Crippen LogP contribution in [-0.2, 0) is 0 Å². The molecule has 3 nitrogen and oxygen atoms in total. The van der Waals surface area contributed by atoms with Crippen molar-refractivity contribution in [1.82, 2.24) is 9.97 Å². The molecule has 2 aromatic carbocycles. The van der Waals surface area contributed by atoms with E-state index >= 15 is 0 Å². The van der Waals surface area contributed by atoms with Crippen LogP contribution in [-0.4, -0.2) is 23.1 Å². The summed E-state index contributed by atoms with van der Waals surface area (Å²) in [6, 6.07) is 16.7. The molecule has 0 spiro atoms. The summed E-state index contributed by atoms with van der Waals surface area (Å²) in [5.74, 6) is 0.806. The molecule has 3 rings (SSSR count). The number of aryl methyl sites for hydroxylation is 1. The van der Waals surface area contributed by atoms with E-state index in [1.54, 1.807) is 0 Å². The molecule has 112 valence electrons. The fourth-order valence-electron chi connectivity index (χ4n) is 2.69. The first-order valence-corrected chi connectivity index (χ1v) is 7.81. The summed E-state index contributed by atoms with van der Waals surface area (Å²) in [5, 5.41) is 1.11. The maximum Gasteiger partial charge on any atom is 0.226 e. The van der Waals surface area contributed by atoms with Gasteiger partial charge in [0.15, 0.2) is 0 Å². The molecule has 0 amide bonds. The first kappa shape index (κ1) is 14.5. The van der Waals surface area contributed by atoms with Gasteiger partial charge in [-0.1, -0.05) is 42.0 Å². The molecular weight excluding hydrogens is 270 g/mol. The molecule has 0 bridgehead atoms. The van der Waals surface area contributed by atoms with Crippen molar-refractivity contribution in [2.75, 3.05) is 18.0 Å². The number of hydrogen-bond donors (Lipinski definition) is 0. The van der Waals surface area contributed by atoms with Gasteiger partial charge >= 0.3 is 0 Å². The Bertz CT molecular complexity index is 777. The number of nitrogens with zero attached hydrogens (tertiary/aromatic N) is 3. The molecule has 22 heavy (non-hydrogen) atoms. The predicted molar refractivity (Wildman–Crippen MR) is 93.3 cm³/mol. The number of fused-ring (bicyclic) bond motifs is 1. The normalized spacial score (nSPS) is 10.9. The second kappa shape index (κ2) is 6.14. The summed E-state index contributed by atoms with van der Waals surface area (Å²) in [4.78, 5) is 11.8. The number of benzene rings is 2. The number of aromatic nitrogens is 2. The average molecular weight is 291 g/mol. The summed E-state index contributed by atoms with van der Waals surface area (Å²) in [6.45, 7) is 8.18. The Morgan fingerprint density at radius 1 is 0.909 bits per heavy atom. The molecule has 0 unspecified atom stereocenters. The van der Waals surface area contributed by atoms with Crippen LogP contribution in [0.2, 0.25) is 0 Å². The Hall–Kier alpha value is -2.42. The van der Waals surface area contributed by atoms with Crippen molar-refractivity contribution >= 4 is 16.9 Å². The van der Waals surface area contributed by atoms with Gasteiger partial charge in [0, 0.05) is 24.0 Å². The molecule has 0 saturated carbocycles. The van der Waals surface area contributed by atoms with Crippen LogP contribution in [0.3, 0.4) is 0 Å². The molecule has 1 aromatic heterocycles. The highest BCUT2D eigenvalue weighted by molar-refractivity contribution is 5.93. The molecule has 3 aromatic rings. The molecule has 1 heterocycles. The second-order valence-corrected chi connectivity index (χ2v) is 5.43. The van der Waals surface area contributed by atoms with Crippen LogP contribution >= 0.6 is 0 Å². The molecule has 0 atom stereocenters. The first-order chi connectivity index (χ1) is 10.7. The standard InChI is InChI=1S/C19H21N3/c1-4-22(5-2)19-20-17-12-11-14(3)13-16(17)18(21-19)15-9-7-6-8-10-15/h6-13H,4-5H2,1-3H3. The zero-order chi connectivity index (χ0) is 15.5. The van der Waals surface area contributed by atoms with E-state index in [1.807, 2.05) is 6.07 Å². The van der Waals surface area contributed by atoms with Crippen LogP contribution in [0, 0.1) is 6.92 Å². The van der Waals surface area contributed by atoms with E-state index in [4.69, 9.17) is 9.97 Å². The van der Waals surface area contributed by atoms with E-state index in [2.05, 4.69) is 68.1 Å². The topological polar surface area (TPSA) is 29.0 Å². The summed E-state index contributed by atoms with van der Waals surface area (Å²) >= 11 is 0. The van der Waals surface area contributed by atoms with Crippen LogP contribution in [0.1, 0.15) is 19.4 Å². The number of rotatable bonds is 4. The minimum absolute atomic E-state index is 0.806. The Balaban J connectivity index is 2.29. The van der Waals surface area contributed by atoms with Gasteiger partial charge in [0.05, 0.1) is 11.2 Å². The van der Waals surface area contributed by atoms with E-state index < -0.39 is 0 Å². The molecule has 0 aliphatic heterocycles. The number of anilines is 1. The van der Waals surface area contributed by atoms with Gasteiger partial charge in [-0.05, 0) is 32.9 Å². The third-order valence-corrected chi connectivity index (χ3v) is 3.93. The summed E-state index contributed by atoms with van der Waals surface area (Å²) in [6.07, 6.45) is 0. The highest BCUT2D eigenvalue weighted by atomic mass is 15.2. The maximum atomic E-state index is 4.87. The third kappa shape index (κ3) is 2.67. The van der Waals surface area contributed by atoms with E-state index in [-0.39, 0.29) is 0 Å². The largest absolute Gasteiger partial charge is 0.341 e. The van der Waals surface area contributed by atoms with Crippen molar-refractivity contribution in [3.63, 3.8) is 0 Å². The molecular formula is C19H21N3. The Morgan fingerprint density at radius 2 is 1.64 bits per heavy atom. The zero-order valence-corrected chi connectivity index (χ0v) is 13.4. The van der Waals surface area contributed by atoms with E-state index in [9.17, 15) is 0 Å². The highest BCUT2D eigenvalue weighted by Crippen LogP contribution is 2.28. The minimum Gasteiger partial charge on any atom is -0.341 e. The van der Waals surface area contributed by atoms with Gasteiger partial charge in [-0.2, -0.15) is 0 Å². The molecule has 3 heteroatoms. The predicted octanol–water partition coefficient (Wildman–Crippen LogP) is 4.45. The van der Waals surface area contributed by atoms with Crippen molar-refractivity contribution < 1.29 is 0 Å². The summed E-state index contributed by atoms with van der Waals surface area (Å²) in [5.41, 5.74) is 4.37. The maximum absolute atomic E-state index is 4.87. The van der Waals surface area contributed by atoms with Crippen LogP contribution in [0.25, 0.3) is 22.2 Å². The lowest BCUT2D eigenvalue weighted by atomic mass is 10.0. The monoisotopic (exact) mass is 291 g/mol. The van der Waals surface area contributed by atoms with E-state index in [0.717, 1.165) is 41.2 Å². The lowest BCUT2D eigenvalue weighted by molar-refractivity contribution is 0.827. The molecule has 0 fully saturated rings. The van der Waals surface area contributed by atoms with Gasteiger partial charge < -0.3 is 4.90 Å². The van der Waals surface area contributed by atoms with Crippen LogP contribution in [0.15, 0.2) is 48.5 Å². The van der Waals surface area contributed by atoms with Crippen molar-refractivity contribution in [3.8, 4) is 11.3 Å². The fourth-order valence-corrected chi connectivity index (χ4v) is 2.69. The Kier molecular flexibility index (Phi) is 4.05. The van der Waals surface area contributed by atoms with Crippen molar-refractivity contribution in [2.24, 2.45) is 0 Å². The molecule has 0 aliphatic rings. The lowest BCUT2D eigenvalue weighted by Gasteiger charge is -2.20. The van der Waals surface area contributed by atoms with Crippen LogP contribution in [0.5, 0.6) is 0 Å². The molecule has 0 aliphatic carbocycles. The Morgan fingerprint density at radius 3 is 2.32 bits per heavy atom. The highest BCUT2D eigenvalue weighted by Gasteiger charge is 2.13. The summed E-state index contributed by atoms with van der Waals surface area (Å²) < 4.78 is 0. The first-order valence-electron chi connectivity index (χ1n) is 7.81. The van der Waals surface area contributed by atoms with Gasteiger partial charge in [-0.3, -0.25) is 0 Å². The van der Waals surface area contributed by atoms with Crippen molar-refractivity contribution in [1.29, 1.82) is 0 Å². The Labute approximate surface area is 131 Å². The number of hydrogen-bond acceptors (Lipinski definition) is 3. The van der Waals surface area contributed by atoms with Crippen LogP contribution in [0.4, 0.5) is 5.95 Å². The van der Waals surface area contributed by atoms with Gasteiger partial charge in [-0.25, -0.2) is 9.97 Å². The van der Waals surface area contributed by atoms with Gasteiger partial charge in [0.1, 0.15) is 0 Å². The average Bonchev–Trinajstić information content (AvgIpc) is 2.56. The van der Waals surface area contributed by atoms with Gasteiger partial charge in [0.25, 0.3) is 0 Å². The zero-order valence-electron chi connectivity index (χ0n) is 13.4. The van der Waals surface area contributed by atoms with E-state index in [0.29, 0.717) is 0 Å². The van der Waals surface area contributed by atoms with Gasteiger partial charge in [0.2, 0.25) is 5.95 Å². The second-order valence-electron chi connectivity index (χ2n) is 5.43. The minimum atomic E-state index is 0.806. The van der Waals surface area contributed by atoms with E-state index in [1.165, 1.54) is 5.56 Å².